The molecular formula is C12H22N4O2. The van der Waals surface area contributed by atoms with E-state index in [9.17, 15) is 0 Å². The molecule has 0 bridgehead atoms. The summed E-state index contributed by atoms with van der Waals surface area (Å²) < 4.78 is 12.6. The van der Waals surface area contributed by atoms with Gasteiger partial charge in [0.15, 0.2) is 0 Å². The monoisotopic (exact) mass is 254 g/mol. The highest BCUT2D eigenvalue weighted by atomic mass is 16.5. The summed E-state index contributed by atoms with van der Waals surface area (Å²) in [4.78, 5) is 0. The van der Waals surface area contributed by atoms with E-state index >= 15 is 0 Å². The van der Waals surface area contributed by atoms with E-state index in [2.05, 4.69) is 22.6 Å². The number of hydrogen-bond acceptors (Lipinski definition) is 5. The smallest absolute Gasteiger partial charge is 0.0964 e. The Morgan fingerprint density at radius 3 is 3.17 bits per heavy atom. The van der Waals surface area contributed by atoms with Crippen LogP contribution in [0, 0.1) is 0 Å². The lowest BCUT2D eigenvalue weighted by Crippen LogP contribution is -2.19. The predicted molar refractivity (Wildman–Crippen MR) is 67.2 cm³/mol. The van der Waals surface area contributed by atoms with Crippen molar-refractivity contribution >= 4 is 0 Å². The molecule has 1 aliphatic rings. The molecule has 1 fully saturated rings. The van der Waals surface area contributed by atoms with E-state index in [1.807, 2.05) is 10.9 Å². The fraction of sp³-hybridized carbons (Fsp3) is 0.833. The summed E-state index contributed by atoms with van der Waals surface area (Å²) in [5.74, 6) is 0. The summed E-state index contributed by atoms with van der Waals surface area (Å²) >= 11 is 0. The van der Waals surface area contributed by atoms with Gasteiger partial charge in [0, 0.05) is 26.4 Å². The maximum absolute atomic E-state index is 5.77. The fourth-order valence-corrected chi connectivity index (χ4v) is 2.13. The van der Waals surface area contributed by atoms with Gasteiger partial charge in [-0.25, -0.2) is 4.68 Å². The van der Waals surface area contributed by atoms with E-state index in [0.29, 0.717) is 12.7 Å². The van der Waals surface area contributed by atoms with E-state index in [0.717, 1.165) is 38.2 Å². The molecule has 1 N–H and O–H groups in total. The Hall–Kier alpha value is -0.980. The van der Waals surface area contributed by atoms with Crippen LogP contribution in [0.25, 0.3) is 0 Å². The molecule has 2 unspecified atom stereocenters. The molecule has 2 heterocycles. The lowest BCUT2D eigenvalue weighted by molar-refractivity contribution is 0.0434. The third kappa shape index (κ3) is 4.04. The maximum Gasteiger partial charge on any atom is 0.0964 e. The number of hydrogen-bond donors (Lipinski definition) is 1. The van der Waals surface area contributed by atoms with Crippen molar-refractivity contribution in [1.29, 1.82) is 0 Å². The van der Waals surface area contributed by atoms with Crippen molar-refractivity contribution < 1.29 is 9.47 Å². The number of ether oxygens (including phenoxy) is 2. The van der Waals surface area contributed by atoms with E-state index < -0.39 is 0 Å². The zero-order chi connectivity index (χ0) is 12.8. The molecule has 0 radical (unpaired) electrons. The normalized spacial score (nSPS) is 23.7. The summed E-state index contributed by atoms with van der Waals surface area (Å²) in [5, 5.41) is 11.5. The average molecular weight is 254 g/mol. The Morgan fingerprint density at radius 1 is 1.56 bits per heavy atom. The van der Waals surface area contributed by atoms with Crippen LogP contribution in [-0.4, -0.2) is 47.5 Å². The van der Waals surface area contributed by atoms with Crippen LogP contribution >= 0.6 is 0 Å². The lowest BCUT2D eigenvalue weighted by Gasteiger charge is -2.09. The van der Waals surface area contributed by atoms with Gasteiger partial charge in [-0.2, -0.15) is 0 Å². The van der Waals surface area contributed by atoms with Crippen LogP contribution in [0.1, 0.15) is 25.5 Å². The lowest BCUT2D eigenvalue weighted by atomic mass is 10.2. The summed E-state index contributed by atoms with van der Waals surface area (Å²) in [6.45, 7) is 5.18. The van der Waals surface area contributed by atoms with E-state index in [1.54, 1.807) is 7.11 Å². The van der Waals surface area contributed by atoms with Gasteiger partial charge in [0.1, 0.15) is 0 Å². The van der Waals surface area contributed by atoms with Crippen LogP contribution in [-0.2, 0) is 22.6 Å². The molecule has 2 rings (SSSR count). The third-order valence-electron chi connectivity index (χ3n) is 3.09. The van der Waals surface area contributed by atoms with Crippen LogP contribution < -0.4 is 5.32 Å². The largest absolute Gasteiger partial charge is 0.383 e. The molecule has 0 aliphatic carbocycles. The van der Waals surface area contributed by atoms with Crippen LogP contribution in [0.5, 0.6) is 0 Å². The van der Waals surface area contributed by atoms with Gasteiger partial charge in [-0.05, 0) is 19.8 Å². The molecule has 0 spiro atoms. The molecule has 1 aliphatic heterocycles. The van der Waals surface area contributed by atoms with Crippen LogP contribution in [0.15, 0.2) is 6.20 Å². The van der Waals surface area contributed by atoms with Gasteiger partial charge in [0.05, 0.1) is 31.1 Å². The standard InChI is InChI=1S/C12H22N4O2/c1-10-3-4-12(18-10)9-16-8-11(14-15-16)7-13-5-6-17-2/h8,10,12-13H,3-7,9H2,1-2H3. The first-order valence-corrected chi connectivity index (χ1v) is 6.52. The van der Waals surface area contributed by atoms with Gasteiger partial charge in [0.25, 0.3) is 0 Å². The van der Waals surface area contributed by atoms with Crippen molar-refractivity contribution in [2.24, 2.45) is 0 Å². The fourth-order valence-electron chi connectivity index (χ4n) is 2.13. The Balaban J connectivity index is 1.72. The van der Waals surface area contributed by atoms with Crippen molar-refractivity contribution in [1.82, 2.24) is 20.3 Å². The predicted octanol–water partition coefficient (Wildman–Crippen LogP) is 0.582. The number of aromatic nitrogens is 3. The number of nitrogens with zero attached hydrogens (tertiary/aromatic N) is 3. The highest BCUT2D eigenvalue weighted by Gasteiger charge is 2.22. The molecule has 1 aromatic heterocycles. The molecule has 0 aromatic carbocycles. The van der Waals surface area contributed by atoms with Gasteiger partial charge in [-0.1, -0.05) is 5.21 Å². The second-order valence-corrected chi connectivity index (χ2v) is 4.75. The molecule has 0 saturated carbocycles. The topological polar surface area (TPSA) is 61.2 Å². The molecule has 1 aromatic rings. The second kappa shape index (κ2) is 6.82. The Labute approximate surface area is 108 Å². The molecule has 6 nitrogen and oxygen atoms in total. The SMILES string of the molecule is COCCNCc1cn(CC2CCC(C)O2)nn1. The Bertz CT molecular complexity index is 356. The van der Waals surface area contributed by atoms with Gasteiger partial charge in [-0.15, -0.1) is 5.10 Å². The molecule has 1 saturated heterocycles. The molecule has 102 valence electrons. The van der Waals surface area contributed by atoms with Crippen molar-refractivity contribution in [3.05, 3.63) is 11.9 Å². The summed E-state index contributed by atoms with van der Waals surface area (Å²) in [5.41, 5.74) is 0.956. The van der Waals surface area contributed by atoms with Gasteiger partial charge in [0.2, 0.25) is 0 Å². The minimum Gasteiger partial charge on any atom is -0.383 e. The summed E-state index contributed by atoms with van der Waals surface area (Å²) in [6.07, 6.45) is 4.91. The van der Waals surface area contributed by atoms with Crippen molar-refractivity contribution in [2.75, 3.05) is 20.3 Å². The quantitative estimate of drug-likeness (QED) is 0.721. The Kier molecular flexibility index (Phi) is 5.10. The minimum atomic E-state index is 0.288. The molecule has 6 heteroatoms. The van der Waals surface area contributed by atoms with Gasteiger partial charge < -0.3 is 14.8 Å². The maximum atomic E-state index is 5.77. The summed E-state index contributed by atoms with van der Waals surface area (Å²) in [6, 6.07) is 0. The molecular weight excluding hydrogens is 232 g/mol. The minimum absolute atomic E-state index is 0.288. The molecule has 2 atom stereocenters. The number of nitrogens with one attached hydrogen (secondary N) is 1. The van der Waals surface area contributed by atoms with Crippen molar-refractivity contribution in [3.8, 4) is 0 Å². The van der Waals surface area contributed by atoms with Gasteiger partial charge >= 0.3 is 0 Å². The zero-order valence-electron chi connectivity index (χ0n) is 11.1. The van der Waals surface area contributed by atoms with Crippen LogP contribution in [0.4, 0.5) is 0 Å². The first-order chi connectivity index (χ1) is 8.78. The third-order valence-corrected chi connectivity index (χ3v) is 3.09. The second-order valence-electron chi connectivity index (χ2n) is 4.75. The summed E-state index contributed by atoms with van der Waals surface area (Å²) in [7, 11) is 1.69. The van der Waals surface area contributed by atoms with Crippen molar-refractivity contribution in [2.45, 2.75) is 45.1 Å². The molecule has 18 heavy (non-hydrogen) atoms. The number of methoxy groups -OCH3 is 1. The highest BCUT2D eigenvalue weighted by Crippen LogP contribution is 2.19. The average Bonchev–Trinajstić information content (AvgIpc) is 2.95. The number of rotatable bonds is 7. The molecule has 0 amide bonds. The van der Waals surface area contributed by atoms with E-state index in [4.69, 9.17) is 9.47 Å². The van der Waals surface area contributed by atoms with E-state index in [1.165, 1.54) is 0 Å². The zero-order valence-corrected chi connectivity index (χ0v) is 11.1. The van der Waals surface area contributed by atoms with E-state index in [-0.39, 0.29) is 6.10 Å². The van der Waals surface area contributed by atoms with Gasteiger partial charge in [-0.3, -0.25) is 0 Å². The van der Waals surface area contributed by atoms with Crippen LogP contribution in [0.3, 0.4) is 0 Å². The Morgan fingerprint density at radius 2 is 2.44 bits per heavy atom. The van der Waals surface area contributed by atoms with Crippen LogP contribution in [0.2, 0.25) is 0 Å². The first-order valence-electron chi connectivity index (χ1n) is 6.52. The van der Waals surface area contributed by atoms with Crippen molar-refractivity contribution in [3.63, 3.8) is 0 Å². The first kappa shape index (κ1) is 13.5. The highest BCUT2D eigenvalue weighted by molar-refractivity contribution is 4.92.